The van der Waals surface area contributed by atoms with Crippen LogP contribution < -0.4 is 9.64 Å². The van der Waals surface area contributed by atoms with Gasteiger partial charge in [0.1, 0.15) is 5.75 Å². The molecule has 0 atom stereocenters. The van der Waals surface area contributed by atoms with E-state index in [4.69, 9.17) is 4.74 Å². The maximum absolute atomic E-state index is 5.24. The number of benzene rings is 1. The van der Waals surface area contributed by atoms with Gasteiger partial charge in [-0.05, 0) is 37.3 Å². The number of piperazine rings is 1. The summed E-state index contributed by atoms with van der Waals surface area (Å²) in [6, 6.07) is 10.1. The van der Waals surface area contributed by atoms with Crippen molar-refractivity contribution in [1.29, 1.82) is 0 Å². The fourth-order valence-corrected chi connectivity index (χ4v) is 3.50. The van der Waals surface area contributed by atoms with E-state index < -0.39 is 0 Å². The number of anilines is 1. The van der Waals surface area contributed by atoms with Crippen molar-refractivity contribution in [2.75, 3.05) is 44.7 Å². The summed E-state index contributed by atoms with van der Waals surface area (Å²) >= 11 is 0. The second kappa shape index (κ2) is 8.87. The topological polar surface area (TPSA) is 59.3 Å². The van der Waals surface area contributed by atoms with Gasteiger partial charge in [-0.25, -0.2) is 14.6 Å². The van der Waals surface area contributed by atoms with E-state index in [1.807, 2.05) is 25.3 Å². The zero-order chi connectivity index (χ0) is 20.1. The molecule has 0 aliphatic carbocycles. The van der Waals surface area contributed by atoms with Crippen molar-refractivity contribution in [3.8, 4) is 11.7 Å². The van der Waals surface area contributed by atoms with Gasteiger partial charge < -0.3 is 9.64 Å². The van der Waals surface area contributed by atoms with E-state index in [1.165, 1.54) is 5.69 Å². The monoisotopic (exact) mass is 390 g/mol. The Balaban J connectivity index is 1.30. The van der Waals surface area contributed by atoms with Crippen LogP contribution in [0.1, 0.15) is 11.3 Å². The average molecular weight is 390 g/mol. The Morgan fingerprint density at radius 1 is 1.03 bits per heavy atom. The molecule has 29 heavy (non-hydrogen) atoms. The molecule has 0 spiro atoms. The molecule has 3 aromatic rings. The highest BCUT2D eigenvalue weighted by Crippen LogP contribution is 2.20. The predicted molar refractivity (Wildman–Crippen MR) is 115 cm³/mol. The zero-order valence-corrected chi connectivity index (χ0v) is 16.9. The number of nitrogens with zero attached hydrogens (tertiary/aromatic N) is 6. The molecule has 3 heterocycles. The van der Waals surface area contributed by atoms with Crippen LogP contribution in [0.2, 0.25) is 0 Å². The van der Waals surface area contributed by atoms with Gasteiger partial charge in [-0.15, -0.1) is 0 Å². The highest BCUT2D eigenvalue weighted by Gasteiger charge is 2.16. The first-order chi connectivity index (χ1) is 14.2. The third-order valence-electron chi connectivity index (χ3n) is 5.26. The summed E-state index contributed by atoms with van der Waals surface area (Å²) in [7, 11) is 1.70. The lowest BCUT2D eigenvalue weighted by molar-refractivity contribution is 0.284. The lowest BCUT2D eigenvalue weighted by Gasteiger charge is -2.35. The number of ether oxygens (including phenoxy) is 1. The Bertz CT molecular complexity index is 943. The van der Waals surface area contributed by atoms with Gasteiger partial charge in [0, 0.05) is 56.4 Å². The Kier molecular flexibility index (Phi) is 5.86. The maximum atomic E-state index is 5.24. The Hall–Kier alpha value is -3.19. The van der Waals surface area contributed by atoms with Gasteiger partial charge in [-0.2, -0.15) is 5.10 Å². The van der Waals surface area contributed by atoms with Gasteiger partial charge in [0.15, 0.2) is 0 Å². The number of rotatable bonds is 6. The lowest BCUT2D eigenvalue weighted by atomic mass is 10.2. The summed E-state index contributed by atoms with van der Waals surface area (Å²) < 4.78 is 7.01. The van der Waals surface area contributed by atoms with E-state index in [-0.39, 0.29) is 0 Å². The molecule has 7 heteroatoms. The maximum Gasteiger partial charge on any atom is 0.250 e. The highest BCUT2D eigenvalue weighted by atomic mass is 16.5. The summed E-state index contributed by atoms with van der Waals surface area (Å²) in [5, 5.41) is 4.42. The molecular weight excluding hydrogens is 364 g/mol. The Morgan fingerprint density at radius 2 is 1.76 bits per heavy atom. The number of methoxy groups -OCH3 is 1. The van der Waals surface area contributed by atoms with Crippen molar-refractivity contribution in [1.82, 2.24) is 24.6 Å². The Morgan fingerprint density at radius 3 is 2.45 bits per heavy atom. The fourth-order valence-electron chi connectivity index (χ4n) is 3.50. The molecule has 1 saturated heterocycles. The van der Waals surface area contributed by atoms with Crippen molar-refractivity contribution in [2.45, 2.75) is 6.92 Å². The summed E-state index contributed by atoms with van der Waals surface area (Å²) in [4.78, 5) is 13.4. The van der Waals surface area contributed by atoms with Gasteiger partial charge in [-0.3, -0.25) is 4.90 Å². The second-order valence-electron chi connectivity index (χ2n) is 7.03. The van der Waals surface area contributed by atoms with Crippen molar-refractivity contribution in [3.63, 3.8) is 0 Å². The molecule has 7 nitrogen and oxygen atoms in total. The Labute approximate surface area is 171 Å². The molecular formula is C22H26N6O. The third-order valence-corrected chi connectivity index (χ3v) is 5.26. The van der Waals surface area contributed by atoms with E-state index in [2.05, 4.69) is 49.2 Å². The van der Waals surface area contributed by atoms with E-state index in [0.717, 1.165) is 49.7 Å². The van der Waals surface area contributed by atoms with E-state index in [9.17, 15) is 0 Å². The molecule has 4 rings (SSSR count). The summed E-state index contributed by atoms with van der Waals surface area (Å²) in [6.07, 6.45) is 9.67. The molecule has 0 unspecified atom stereocenters. The van der Waals surface area contributed by atoms with Gasteiger partial charge in [-0.1, -0.05) is 12.2 Å². The second-order valence-corrected chi connectivity index (χ2v) is 7.03. The molecule has 1 aliphatic rings. The molecule has 0 amide bonds. The quantitative estimate of drug-likeness (QED) is 0.645. The van der Waals surface area contributed by atoms with Gasteiger partial charge in [0.05, 0.1) is 19.0 Å². The number of hydrogen-bond acceptors (Lipinski definition) is 6. The highest BCUT2D eigenvalue weighted by molar-refractivity contribution is 5.52. The van der Waals surface area contributed by atoms with Crippen LogP contribution in [0, 0.1) is 6.92 Å². The molecule has 2 aromatic heterocycles. The van der Waals surface area contributed by atoms with Crippen LogP contribution >= 0.6 is 0 Å². The molecule has 0 saturated carbocycles. The van der Waals surface area contributed by atoms with Crippen LogP contribution in [-0.2, 0) is 0 Å². The number of hydrogen-bond donors (Lipinski definition) is 0. The van der Waals surface area contributed by atoms with Crippen molar-refractivity contribution in [3.05, 3.63) is 66.3 Å². The smallest absolute Gasteiger partial charge is 0.250 e. The largest absolute Gasteiger partial charge is 0.497 e. The van der Waals surface area contributed by atoms with Crippen LogP contribution in [0.4, 0.5) is 5.69 Å². The van der Waals surface area contributed by atoms with Gasteiger partial charge in [0.2, 0.25) is 0 Å². The summed E-state index contributed by atoms with van der Waals surface area (Å²) in [5.74, 6) is 1.49. The molecule has 150 valence electrons. The minimum absolute atomic E-state index is 0.597. The average Bonchev–Trinajstić information content (AvgIpc) is 3.15. The minimum atomic E-state index is 0.597. The first-order valence-electron chi connectivity index (χ1n) is 9.84. The van der Waals surface area contributed by atoms with Crippen LogP contribution in [-0.4, -0.2) is 64.5 Å². The molecule has 1 aromatic carbocycles. The lowest BCUT2D eigenvalue weighted by Crippen LogP contribution is -2.46. The van der Waals surface area contributed by atoms with Crippen molar-refractivity contribution < 1.29 is 4.74 Å². The van der Waals surface area contributed by atoms with Crippen molar-refractivity contribution >= 4 is 11.8 Å². The zero-order valence-electron chi connectivity index (χ0n) is 16.9. The van der Waals surface area contributed by atoms with Gasteiger partial charge in [0.25, 0.3) is 5.95 Å². The van der Waals surface area contributed by atoms with Crippen LogP contribution in [0.3, 0.4) is 0 Å². The van der Waals surface area contributed by atoms with E-state index >= 15 is 0 Å². The van der Waals surface area contributed by atoms with Crippen LogP contribution in [0.15, 0.2) is 55.0 Å². The predicted octanol–water partition coefficient (Wildman–Crippen LogP) is 2.81. The standard InChI is InChI=1S/C22H26N6O/c1-18-19(17-25-28(18)22-23-10-4-11-24-22)5-3-12-26-13-15-27(16-14-26)20-6-8-21(29-2)9-7-20/h3-11,17H,12-16H2,1-2H3. The first-order valence-corrected chi connectivity index (χ1v) is 9.84. The molecule has 0 N–H and O–H groups in total. The molecule has 1 fully saturated rings. The summed E-state index contributed by atoms with van der Waals surface area (Å²) in [6.45, 7) is 7.13. The summed E-state index contributed by atoms with van der Waals surface area (Å²) in [5.41, 5.74) is 3.39. The SMILES string of the molecule is COc1ccc(N2CCN(CC=Cc3cnn(-c4ncccn4)c3C)CC2)cc1. The van der Waals surface area contributed by atoms with Crippen LogP contribution in [0.5, 0.6) is 5.75 Å². The van der Waals surface area contributed by atoms with Crippen LogP contribution in [0.25, 0.3) is 12.0 Å². The van der Waals surface area contributed by atoms with E-state index in [1.54, 1.807) is 30.3 Å². The van der Waals surface area contributed by atoms with E-state index in [0.29, 0.717) is 5.95 Å². The fraction of sp³-hybridized carbons (Fsp3) is 0.318. The minimum Gasteiger partial charge on any atom is -0.497 e. The molecule has 0 radical (unpaired) electrons. The normalized spacial score (nSPS) is 15.2. The number of aromatic nitrogens is 4. The first kappa shape index (κ1) is 19.1. The third kappa shape index (κ3) is 4.46. The van der Waals surface area contributed by atoms with Crippen molar-refractivity contribution in [2.24, 2.45) is 0 Å². The molecule has 1 aliphatic heterocycles. The molecule has 0 bridgehead atoms. The van der Waals surface area contributed by atoms with Gasteiger partial charge >= 0.3 is 0 Å².